The standard InChI is InChI=1S/C12H13N5OS/c1-7-5-8(2)16-9(6-7)19-12-10(11(13)17-18)14-3-4-15-12/h3-6,18H,1-2H3,(H2,13,17). The molecule has 3 N–H and O–H groups in total. The number of amidine groups is 1. The predicted octanol–water partition coefficient (Wildman–Crippen LogP) is 1.73. The van der Waals surface area contributed by atoms with Gasteiger partial charge in [0, 0.05) is 18.1 Å². The lowest BCUT2D eigenvalue weighted by Crippen LogP contribution is -2.16. The topological polar surface area (TPSA) is 97.3 Å². The van der Waals surface area contributed by atoms with Crippen LogP contribution in [-0.2, 0) is 0 Å². The van der Waals surface area contributed by atoms with Gasteiger partial charge in [0.15, 0.2) is 5.84 Å². The first kappa shape index (κ1) is 13.3. The van der Waals surface area contributed by atoms with Crippen molar-refractivity contribution in [3.05, 3.63) is 41.5 Å². The molecule has 0 saturated carbocycles. The molecule has 2 heterocycles. The number of aryl methyl sites for hydroxylation is 2. The van der Waals surface area contributed by atoms with E-state index >= 15 is 0 Å². The van der Waals surface area contributed by atoms with Crippen LogP contribution in [0.1, 0.15) is 17.0 Å². The maximum absolute atomic E-state index is 8.74. The van der Waals surface area contributed by atoms with Gasteiger partial charge >= 0.3 is 0 Å². The van der Waals surface area contributed by atoms with Crippen LogP contribution in [0.5, 0.6) is 0 Å². The van der Waals surface area contributed by atoms with Gasteiger partial charge in [0.05, 0.1) is 0 Å². The third-order valence-corrected chi connectivity index (χ3v) is 3.20. The van der Waals surface area contributed by atoms with Crippen molar-refractivity contribution in [3.8, 4) is 0 Å². The summed E-state index contributed by atoms with van der Waals surface area (Å²) in [7, 11) is 0. The highest BCUT2D eigenvalue weighted by Crippen LogP contribution is 2.27. The zero-order valence-electron chi connectivity index (χ0n) is 10.5. The molecule has 0 unspecified atom stereocenters. The normalized spacial score (nSPS) is 11.6. The van der Waals surface area contributed by atoms with E-state index in [1.54, 1.807) is 6.20 Å². The van der Waals surface area contributed by atoms with Gasteiger partial charge in [-0.3, -0.25) is 0 Å². The molecule has 0 aromatic carbocycles. The van der Waals surface area contributed by atoms with Crippen molar-refractivity contribution in [2.45, 2.75) is 23.9 Å². The summed E-state index contributed by atoms with van der Waals surface area (Å²) in [4.78, 5) is 12.7. The van der Waals surface area contributed by atoms with Gasteiger partial charge in [-0.1, -0.05) is 5.16 Å². The van der Waals surface area contributed by atoms with E-state index in [1.807, 2.05) is 26.0 Å². The molecule has 19 heavy (non-hydrogen) atoms. The monoisotopic (exact) mass is 275 g/mol. The lowest BCUT2D eigenvalue weighted by Gasteiger charge is -2.06. The molecule has 0 atom stereocenters. The quantitative estimate of drug-likeness (QED) is 0.383. The Labute approximate surface area is 114 Å². The smallest absolute Gasteiger partial charge is 0.191 e. The summed E-state index contributed by atoms with van der Waals surface area (Å²) in [6.45, 7) is 3.93. The molecule has 2 aromatic heterocycles. The van der Waals surface area contributed by atoms with E-state index in [-0.39, 0.29) is 5.84 Å². The number of aromatic nitrogens is 3. The van der Waals surface area contributed by atoms with Crippen molar-refractivity contribution < 1.29 is 5.21 Å². The Morgan fingerprint density at radius 3 is 2.68 bits per heavy atom. The van der Waals surface area contributed by atoms with E-state index < -0.39 is 0 Å². The molecule has 0 aliphatic heterocycles. The van der Waals surface area contributed by atoms with Gasteiger partial charge in [-0.25, -0.2) is 15.0 Å². The largest absolute Gasteiger partial charge is 0.409 e. The minimum Gasteiger partial charge on any atom is -0.409 e. The number of hydrogen-bond acceptors (Lipinski definition) is 6. The highest BCUT2D eigenvalue weighted by atomic mass is 32.2. The van der Waals surface area contributed by atoms with Gasteiger partial charge in [0.1, 0.15) is 15.7 Å². The molecule has 0 spiro atoms. The van der Waals surface area contributed by atoms with E-state index in [1.165, 1.54) is 18.0 Å². The molecule has 0 bridgehead atoms. The highest BCUT2D eigenvalue weighted by molar-refractivity contribution is 7.99. The van der Waals surface area contributed by atoms with Gasteiger partial charge < -0.3 is 10.9 Å². The van der Waals surface area contributed by atoms with Crippen LogP contribution in [0.25, 0.3) is 0 Å². The zero-order chi connectivity index (χ0) is 13.8. The maximum Gasteiger partial charge on any atom is 0.191 e. The Morgan fingerprint density at radius 1 is 1.26 bits per heavy atom. The number of nitrogens with two attached hydrogens (primary N) is 1. The van der Waals surface area contributed by atoms with Crippen molar-refractivity contribution in [1.82, 2.24) is 15.0 Å². The third-order valence-electron chi connectivity index (χ3n) is 2.29. The minimum absolute atomic E-state index is 0.0695. The maximum atomic E-state index is 8.74. The Balaban J connectivity index is 2.38. The van der Waals surface area contributed by atoms with Gasteiger partial charge in [-0.05, 0) is 43.3 Å². The van der Waals surface area contributed by atoms with E-state index in [2.05, 4.69) is 20.1 Å². The number of hydrogen-bond donors (Lipinski definition) is 2. The fourth-order valence-corrected chi connectivity index (χ4v) is 2.58. The molecular formula is C12H13N5OS. The molecule has 2 aromatic rings. The second kappa shape index (κ2) is 5.66. The highest BCUT2D eigenvalue weighted by Gasteiger charge is 2.12. The molecule has 6 nitrogen and oxygen atoms in total. The van der Waals surface area contributed by atoms with Crippen LogP contribution in [0, 0.1) is 13.8 Å². The average molecular weight is 275 g/mol. The van der Waals surface area contributed by atoms with E-state index in [4.69, 9.17) is 10.9 Å². The second-order valence-electron chi connectivity index (χ2n) is 3.92. The first-order chi connectivity index (χ1) is 9.10. The lowest BCUT2D eigenvalue weighted by molar-refractivity contribution is 0.318. The van der Waals surface area contributed by atoms with Crippen LogP contribution in [0.2, 0.25) is 0 Å². The summed E-state index contributed by atoms with van der Waals surface area (Å²) in [6, 6.07) is 3.94. The SMILES string of the molecule is Cc1cc(C)nc(Sc2nccnc2/C(N)=N/O)c1. The lowest BCUT2D eigenvalue weighted by atomic mass is 10.3. The van der Waals surface area contributed by atoms with Crippen LogP contribution in [0.15, 0.2) is 39.7 Å². The van der Waals surface area contributed by atoms with Crippen LogP contribution < -0.4 is 5.73 Å². The van der Waals surface area contributed by atoms with E-state index in [9.17, 15) is 0 Å². The number of oxime groups is 1. The molecule has 0 fully saturated rings. The zero-order valence-corrected chi connectivity index (χ0v) is 11.3. The first-order valence-corrected chi connectivity index (χ1v) is 6.34. The molecule has 0 aliphatic carbocycles. The van der Waals surface area contributed by atoms with Gasteiger partial charge in [-0.15, -0.1) is 0 Å². The molecule has 0 radical (unpaired) electrons. The number of pyridine rings is 1. The van der Waals surface area contributed by atoms with E-state index in [0.717, 1.165) is 16.3 Å². The van der Waals surface area contributed by atoms with Crippen molar-refractivity contribution in [3.63, 3.8) is 0 Å². The number of rotatable bonds is 3. The summed E-state index contributed by atoms with van der Waals surface area (Å²) in [5, 5.41) is 13.0. The molecule has 2 rings (SSSR count). The Bertz CT molecular complexity index is 609. The Hall–Kier alpha value is -2.15. The Kier molecular flexibility index (Phi) is 3.96. The summed E-state index contributed by atoms with van der Waals surface area (Å²) in [6.07, 6.45) is 3.05. The van der Waals surface area contributed by atoms with Crippen LogP contribution in [-0.4, -0.2) is 26.0 Å². The van der Waals surface area contributed by atoms with Crippen molar-refractivity contribution >= 4 is 17.6 Å². The fraction of sp³-hybridized carbons (Fsp3) is 0.167. The van der Waals surface area contributed by atoms with Crippen molar-refractivity contribution in [1.29, 1.82) is 0 Å². The molecule has 0 saturated heterocycles. The summed E-state index contributed by atoms with van der Waals surface area (Å²) in [5.74, 6) is -0.0695. The average Bonchev–Trinajstić information content (AvgIpc) is 2.37. The van der Waals surface area contributed by atoms with Crippen LogP contribution in [0.4, 0.5) is 0 Å². The van der Waals surface area contributed by atoms with Crippen molar-refractivity contribution in [2.75, 3.05) is 0 Å². The van der Waals surface area contributed by atoms with Gasteiger partial charge in [0.2, 0.25) is 0 Å². The minimum atomic E-state index is -0.0695. The molecule has 0 amide bonds. The van der Waals surface area contributed by atoms with Crippen LogP contribution >= 0.6 is 11.8 Å². The van der Waals surface area contributed by atoms with E-state index in [0.29, 0.717) is 10.7 Å². The summed E-state index contributed by atoms with van der Waals surface area (Å²) >= 11 is 1.33. The molecule has 98 valence electrons. The summed E-state index contributed by atoms with van der Waals surface area (Å²) in [5.41, 5.74) is 7.96. The Morgan fingerprint density at radius 2 is 2.00 bits per heavy atom. The fourth-order valence-electron chi connectivity index (χ4n) is 1.58. The molecular weight excluding hydrogens is 262 g/mol. The molecule has 0 aliphatic rings. The van der Waals surface area contributed by atoms with Gasteiger partial charge in [-0.2, -0.15) is 0 Å². The summed E-state index contributed by atoms with van der Waals surface area (Å²) < 4.78 is 0. The third kappa shape index (κ3) is 3.19. The first-order valence-electron chi connectivity index (χ1n) is 5.52. The van der Waals surface area contributed by atoms with Crippen LogP contribution in [0.3, 0.4) is 0 Å². The second-order valence-corrected chi connectivity index (χ2v) is 4.93. The van der Waals surface area contributed by atoms with Gasteiger partial charge in [0.25, 0.3) is 0 Å². The molecule has 7 heteroatoms. The number of nitrogens with zero attached hydrogens (tertiary/aromatic N) is 4. The predicted molar refractivity (Wildman–Crippen MR) is 72.4 cm³/mol. The van der Waals surface area contributed by atoms with Crippen molar-refractivity contribution in [2.24, 2.45) is 10.9 Å².